The fraction of sp³-hybridized carbons (Fsp3) is 0.310. The smallest absolute Gasteiger partial charge is 0.303 e. The zero-order valence-corrected chi connectivity index (χ0v) is 21.6. The zero-order valence-electron chi connectivity index (χ0n) is 21.6. The molecule has 4 aromatic rings. The Labute approximate surface area is 215 Å². The van der Waals surface area contributed by atoms with Gasteiger partial charge in [-0.15, -0.1) is 0 Å². The number of carbonyl (C=O) groups excluding carboxylic acids is 2. The quantitative estimate of drug-likeness (QED) is 0.287. The van der Waals surface area contributed by atoms with Crippen LogP contribution in [-0.2, 0) is 22.6 Å². The van der Waals surface area contributed by atoms with E-state index in [-0.39, 0.29) is 18.1 Å². The molecule has 1 amide bonds. The van der Waals surface area contributed by atoms with Gasteiger partial charge >= 0.3 is 5.97 Å². The van der Waals surface area contributed by atoms with E-state index in [0.717, 1.165) is 33.2 Å². The largest absolute Gasteiger partial charge is 0.481 e. The predicted octanol–water partition coefficient (Wildman–Crippen LogP) is 5.31. The van der Waals surface area contributed by atoms with E-state index in [4.69, 9.17) is 5.11 Å². The molecule has 2 N–H and O–H groups in total. The molecule has 0 spiro atoms. The molecule has 2 aromatic carbocycles. The molecule has 1 atom stereocenters. The monoisotopic (exact) mass is 500 g/mol. The van der Waals surface area contributed by atoms with Gasteiger partial charge in [0.1, 0.15) is 6.04 Å². The fourth-order valence-corrected chi connectivity index (χ4v) is 4.56. The molecule has 2 heterocycles. The number of nitrogens with zero attached hydrogens (tertiary/aromatic N) is 3. The minimum Gasteiger partial charge on any atom is -0.481 e. The molecule has 4 rings (SSSR count). The molecule has 0 aliphatic carbocycles. The topological polar surface area (TPSA) is 106 Å². The molecule has 0 saturated heterocycles. The fourth-order valence-electron chi connectivity index (χ4n) is 4.56. The molecule has 37 heavy (non-hydrogen) atoms. The van der Waals surface area contributed by atoms with Crippen LogP contribution in [0.15, 0.2) is 55.0 Å². The Morgan fingerprint density at radius 3 is 2.54 bits per heavy atom. The molecule has 0 bridgehead atoms. The lowest BCUT2D eigenvalue weighted by Crippen LogP contribution is -2.24. The number of carboxylic acids is 1. The highest BCUT2D eigenvalue weighted by Gasteiger charge is 2.20. The van der Waals surface area contributed by atoms with E-state index in [1.807, 2.05) is 78.8 Å². The van der Waals surface area contributed by atoms with Crippen LogP contribution in [0, 0.1) is 13.8 Å². The third-order valence-electron chi connectivity index (χ3n) is 6.61. The Balaban J connectivity index is 1.62. The Bertz CT molecular complexity index is 1480. The highest BCUT2D eigenvalue weighted by Crippen LogP contribution is 2.28. The van der Waals surface area contributed by atoms with Crippen molar-refractivity contribution in [3.63, 3.8) is 0 Å². The van der Waals surface area contributed by atoms with Crippen LogP contribution in [0.25, 0.3) is 10.9 Å². The number of anilines is 1. The number of aryl methyl sites for hydroxylation is 3. The van der Waals surface area contributed by atoms with Crippen molar-refractivity contribution < 1.29 is 19.5 Å². The van der Waals surface area contributed by atoms with Gasteiger partial charge in [0.25, 0.3) is 0 Å². The number of hydrogen-bond donors (Lipinski definition) is 2. The number of fused-ring (bicyclic) bond motifs is 1. The number of nitrogens with one attached hydrogen (secondary N) is 1. The van der Waals surface area contributed by atoms with Crippen LogP contribution in [0.3, 0.4) is 0 Å². The van der Waals surface area contributed by atoms with Gasteiger partial charge in [0.2, 0.25) is 5.91 Å². The number of carbonyl (C=O) groups is 3. The van der Waals surface area contributed by atoms with Crippen LogP contribution in [0.5, 0.6) is 0 Å². The van der Waals surface area contributed by atoms with Gasteiger partial charge in [-0.2, -0.15) is 5.10 Å². The Morgan fingerprint density at radius 1 is 1.08 bits per heavy atom. The first kappa shape index (κ1) is 25.9. The van der Waals surface area contributed by atoms with Crippen LogP contribution in [0.1, 0.15) is 65.3 Å². The zero-order chi connectivity index (χ0) is 26.7. The van der Waals surface area contributed by atoms with E-state index in [1.165, 1.54) is 6.92 Å². The van der Waals surface area contributed by atoms with Crippen LogP contribution in [0.4, 0.5) is 5.69 Å². The second-order valence-corrected chi connectivity index (χ2v) is 9.63. The van der Waals surface area contributed by atoms with Gasteiger partial charge in [-0.25, -0.2) is 0 Å². The molecular weight excluding hydrogens is 468 g/mol. The maximum Gasteiger partial charge on any atom is 0.303 e. The molecular formula is C29H32N4O4. The average molecular weight is 501 g/mol. The highest BCUT2D eigenvalue weighted by molar-refractivity contribution is 6.00. The number of rotatable bonds is 10. The van der Waals surface area contributed by atoms with E-state index < -0.39 is 12.0 Å². The molecule has 8 nitrogen and oxygen atoms in total. The van der Waals surface area contributed by atoms with E-state index in [9.17, 15) is 14.4 Å². The van der Waals surface area contributed by atoms with E-state index in [2.05, 4.69) is 10.4 Å². The summed E-state index contributed by atoms with van der Waals surface area (Å²) in [4.78, 5) is 36.5. The van der Waals surface area contributed by atoms with Crippen molar-refractivity contribution in [2.24, 2.45) is 0 Å². The number of benzene rings is 2. The lowest BCUT2D eigenvalue weighted by atomic mass is 10.0. The lowest BCUT2D eigenvalue weighted by Gasteiger charge is -2.18. The first-order valence-corrected chi connectivity index (χ1v) is 12.4. The summed E-state index contributed by atoms with van der Waals surface area (Å²) in [6, 6.07) is 10.9. The van der Waals surface area contributed by atoms with Crippen LogP contribution in [-0.4, -0.2) is 37.1 Å². The number of aliphatic carboxylic acids is 1. The minimum absolute atomic E-state index is 0.0281. The number of aromatic nitrogens is 3. The van der Waals surface area contributed by atoms with Crippen molar-refractivity contribution >= 4 is 34.3 Å². The first-order valence-electron chi connectivity index (χ1n) is 12.4. The van der Waals surface area contributed by atoms with Crippen LogP contribution in [0.2, 0.25) is 0 Å². The van der Waals surface area contributed by atoms with Crippen molar-refractivity contribution in [3.05, 3.63) is 82.8 Å². The third-order valence-corrected chi connectivity index (χ3v) is 6.61. The van der Waals surface area contributed by atoms with Gasteiger partial charge in [-0.05, 0) is 74.9 Å². The summed E-state index contributed by atoms with van der Waals surface area (Å²) < 4.78 is 3.73. The highest BCUT2D eigenvalue weighted by atomic mass is 16.4. The standard InChI is InChI=1S/C29H32N4O4/c1-18-14-30-32(15-18)17-22-8-9-23(6-5-7-28(35)36)26(12-22)31-29(37)20(3)33-16-19(2)25-11-10-24(21(4)34)13-27(25)33/h8-16,20H,5-7,17H2,1-4H3,(H,31,37)(H,35,36). The Hall–Kier alpha value is -4.20. The van der Waals surface area contributed by atoms with E-state index in [1.54, 1.807) is 6.20 Å². The number of amides is 1. The minimum atomic E-state index is -0.843. The maximum atomic E-state index is 13.5. The molecule has 0 radical (unpaired) electrons. The maximum absolute atomic E-state index is 13.5. The second kappa shape index (κ2) is 10.8. The van der Waals surface area contributed by atoms with Gasteiger partial charge < -0.3 is 15.0 Å². The summed E-state index contributed by atoms with van der Waals surface area (Å²) >= 11 is 0. The van der Waals surface area contributed by atoms with Crippen molar-refractivity contribution in [1.82, 2.24) is 14.3 Å². The summed E-state index contributed by atoms with van der Waals surface area (Å²) in [6.45, 7) is 7.87. The van der Waals surface area contributed by atoms with Crippen molar-refractivity contribution in [2.45, 2.75) is 59.5 Å². The number of ketones is 1. The predicted molar refractivity (Wildman–Crippen MR) is 143 cm³/mol. The van der Waals surface area contributed by atoms with Crippen LogP contribution < -0.4 is 5.32 Å². The third kappa shape index (κ3) is 5.97. The summed E-state index contributed by atoms with van der Waals surface area (Å²) in [7, 11) is 0. The molecule has 0 fully saturated rings. The molecule has 1 unspecified atom stereocenters. The van der Waals surface area contributed by atoms with Gasteiger partial charge in [0.15, 0.2) is 5.78 Å². The van der Waals surface area contributed by atoms with Gasteiger partial charge in [0.05, 0.1) is 12.7 Å². The van der Waals surface area contributed by atoms with Gasteiger partial charge in [-0.3, -0.25) is 19.1 Å². The summed E-state index contributed by atoms with van der Waals surface area (Å²) in [6.07, 6.45) is 6.75. The van der Waals surface area contributed by atoms with Crippen molar-refractivity contribution in [2.75, 3.05) is 5.32 Å². The Morgan fingerprint density at radius 2 is 1.86 bits per heavy atom. The molecule has 0 saturated carbocycles. The SMILES string of the molecule is CC(=O)c1ccc2c(C)cn(C(C)C(=O)Nc3cc(Cn4cc(C)cn4)ccc3CCCC(=O)O)c2c1. The molecule has 0 aliphatic rings. The molecule has 8 heteroatoms. The molecule has 2 aromatic heterocycles. The lowest BCUT2D eigenvalue weighted by molar-refractivity contribution is -0.137. The first-order chi connectivity index (χ1) is 17.6. The summed E-state index contributed by atoms with van der Waals surface area (Å²) in [5, 5.41) is 17.5. The van der Waals surface area contributed by atoms with Crippen LogP contribution >= 0.6 is 0 Å². The second-order valence-electron chi connectivity index (χ2n) is 9.63. The van der Waals surface area contributed by atoms with E-state index in [0.29, 0.717) is 30.6 Å². The van der Waals surface area contributed by atoms with E-state index >= 15 is 0 Å². The van der Waals surface area contributed by atoms with Crippen molar-refractivity contribution in [3.8, 4) is 0 Å². The summed E-state index contributed by atoms with van der Waals surface area (Å²) in [5.41, 5.74) is 6.04. The number of Topliss-reactive ketones (excluding diaryl/α,β-unsaturated/α-hetero) is 1. The Kier molecular flexibility index (Phi) is 7.57. The average Bonchev–Trinajstić information content (AvgIpc) is 3.41. The summed E-state index contributed by atoms with van der Waals surface area (Å²) in [5.74, 6) is -1.07. The normalized spacial score (nSPS) is 12.0. The number of hydrogen-bond acceptors (Lipinski definition) is 4. The molecule has 192 valence electrons. The number of carboxylic acid groups (broad SMARTS) is 1. The van der Waals surface area contributed by atoms with Gasteiger partial charge in [-0.1, -0.05) is 24.3 Å². The van der Waals surface area contributed by atoms with Crippen molar-refractivity contribution in [1.29, 1.82) is 0 Å². The molecule has 0 aliphatic heterocycles. The van der Waals surface area contributed by atoms with Gasteiger partial charge in [0, 0.05) is 41.0 Å².